The van der Waals surface area contributed by atoms with E-state index in [0.29, 0.717) is 29.2 Å². The summed E-state index contributed by atoms with van der Waals surface area (Å²) in [5, 5.41) is 2.48. The Kier molecular flexibility index (Phi) is 10.7. The van der Waals surface area contributed by atoms with Crippen LogP contribution in [0.1, 0.15) is 53.3 Å². The van der Waals surface area contributed by atoms with Crippen LogP contribution in [0.5, 0.6) is 11.5 Å². The van der Waals surface area contributed by atoms with Gasteiger partial charge in [-0.3, -0.25) is 25.8 Å². The van der Waals surface area contributed by atoms with Gasteiger partial charge in [-0.05, 0) is 55.0 Å². The first-order chi connectivity index (χ1) is 15.5. The van der Waals surface area contributed by atoms with Crippen LogP contribution in [-0.4, -0.2) is 30.1 Å². The van der Waals surface area contributed by atoms with Gasteiger partial charge in [0.05, 0.1) is 12.2 Å². The number of carbonyl (C=O) groups excluding carboxylic acids is 2. The third-order valence-electron chi connectivity index (χ3n) is 4.39. The summed E-state index contributed by atoms with van der Waals surface area (Å²) in [7, 11) is 0. The van der Waals surface area contributed by atoms with Crippen molar-refractivity contribution < 1.29 is 19.1 Å². The Hall–Kier alpha value is -3.39. The van der Waals surface area contributed by atoms with Gasteiger partial charge >= 0.3 is 0 Å². The lowest BCUT2D eigenvalue weighted by atomic mass is 10.2. The molecule has 170 valence electrons. The predicted octanol–water partition coefficient (Wildman–Crippen LogP) is 4.16. The summed E-state index contributed by atoms with van der Waals surface area (Å²) in [6.45, 7) is 6.68. The Labute approximate surface area is 194 Å². The fraction of sp³-hybridized carbons (Fsp3) is 0.292. The summed E-state index contributed by atoms with van der Waals surface area (Å²) in [5.74, 6) is 0.264. The highest BCUT2D eigenvalue weighted by molar-refractivity contribution is 7.80. The third-order valence-corrected chi connectivity index (χ3v) is 4.59. The topological polar surface area (TPSA) is 88.7 Å². The largest absolute Gasteiger partial charge is 0.494 e. The van der Waals surface area contributed by atoms with Crippen LogP contribution in [0.2, 0.25) is 0 Å². The Balaban J connectivity index is 1.80. The zero-order chi connectivity index (χ0) is 23.2. The van der Waals surface area contributed by atoms with Crippen molar-refractivity contribution in [2.75, 3.05) is 13.2 Å². The Bertz CT molecular complexity index is 916. The molecule has 0 aliphatic rings. The van der Waals surface area contributed by atoms with E-state index in [-0.39, 0.29) is 11.7 Å². The maximum Gasteiger partial charge on any atom is 0.273 e. The summed E-state index contributed by atoms with van der Waals surface area (Å²) >= 11 is 5.09. The monoisotopic (exact) mass is 455 g/mol. The summed E-state index contributed by atoms with van der Waals surface area (Å²) in [6, 6.07) is 13.6. The van der Waals surface area contributed by atoms with Gasteiger partial charge in [-0.25, -0.2) is 0 Å². The number of unbranched alkanes of at least 4 members (excludes halogenated alkanes) is 3. The number of hydrazine groups is 1. The number of hydrogen-bond donors (Lipinski definition) is 3. The molecule has 0 fully saturated rings. The van der Waals surface area contributed by atoms with E-state index in [9.17, 15) is 9.59 Å². The number of rotatable bonds is 11. The van der Waals surface area contributed by atoms with Crippen molar-refractivity contribution in [1.82, 2.24) is 16.2 Å². The molecule has 0 aliphatic carbocycles. The highest BCUT2D eigenvalue weighted by atomic mass is 32.1. The van der Waals surface area contributed by atoms with Crippen LogP contribution in [0.4, 0.5) is 0 Å². The maximum absolute atomic E-state index is 12.4. The maximum atomic E-state index is 12.4. The van der Waals surface area contributed by atoms with E-state index < -0.39 is 11.8 Å². The summed E-state index contributed by atoms with van der Waals surface area (Å²) in [5.41, 5.74) is 5.71. The van der Waals surface area contributed by atoms with Gasteiger partial charge in [0.25, 0.3) is 11.8 Å². The number of para-hydroxylation sites is 1. The third kappa shape index (κ3) is 8.39. The molecule has 0 radical (unpaired) electrons. The zero-order valence-corrected chi connectivity index (χ0v) is 19.0. The highest BCUT2D eigenvalue weighted by Crippen LogP contribution is 2.17. The van der Waals surface area contributed by atoms with Crippen LogP contribution < -0.4 is 25.6 Å². The van der Waals surface area contributed by atoms with Gasteiger partial charge in [0, 0.05) is 5.56 Å². The molecule has 3 N–H and O–H groups in total. The molecule has 2 rings (SSSR count). The minimum Gasteiger partial charge on any atom is -0.494 e. The highest BCUT2D eigenvalue weighted by Gasteiger charge is 2.13. The minimum atomic E-state index is -0.457. The van der Waals surface area contributed by atoms with Gasteiger partial charge in [-0.15, -0.1) is 0 Å². The summed E-state index contributed by atoms with van der Waals surface area (Å²) in [6.07, 6.45) is 6.12. The first-order valence-electron chi connectivity index (χ1n) is 10.5. The van der Waals surface area contributed by atoms with Gasteiger partial charge in [0.2, 0.25) is 0 Å². The second kappa shape index (κ2) is 13.8. The van der Waals surface area contributed by atoms with Crippen LogP contribution in [-0.2, 0) is 0 Å². The molecule has 2 aromatic rings. The zero-order valence-electron chi connectivity index (χ0n) is 18.2. The fourth-order valence-corrected chi connectivity index (χ4v) is 2.88. The second-order valence-corrected chi connectivity index (χ2v) is 7.30. The summed E-state index contributed by atoms with van der Waals surface area (Å²) < 4.78 is 11.1. The number of hydrogen-bond acceptors (Lipinski definition) is 5. The average molecular weight is 456 g/mol. The lowest BCUT2D eigenvalue weighted by Gasteiger charge is -2.13. The molecule has 2 amide bonds. The molecule has 0 heterocycles. The lowest BCUT2D eigenvalue weighted by molar-refractivity contribution is 0.0931. The Morgan fingerprint density at radius 2 is 1.72 bits per heavy atom. The molecule has 7 nitrogen and oxygen atoms in total. The fourth-order valence-electron chi connectivity index (χ4n) is 2.74. The number of thiocarbonyl (C=S) groups is 1. The minimum absolute atomic E-state index is 0.0379. The SMILES string of the molecule is C=CCOc1ccccc1C(=O)NNC(=S)NC(=O)c1ccc(OCCCCCC)cc1. The van der Waals surface area contributed by atoms with Gasteiger partial charge in [-0.2, -0.15) is 0 Å². The first-order valence-corrected chi connectivity index (χ1v) is 10.9. The van der Waals surface area contributed by atoms with Crippen molar-refractivity contribution in [3.8, 4) is 11.5 Å². The van der Waals surface area contributed by atoms with Crippen LogP contribution in [0, 0.1) is 0 Å². The number of ether oxygens (including phenoxy) is 2. The van der Waals surface area contributed by atoms with Crippen molar-refractivity contribution in [3.05, 3.63) is 72.3 Å². The van der Waals surface area contributed by atoms with Crippen molar-refractivity contribution in [2.24, 2.45) is 0 Å². The number of amides is 2. The van der Waals surface area contributed by atoms with Gasteiger partial charge in [0.1, 0.15) is 18.1 Å². The number of nitrogens with one attached hydrogen (secondary N) is 3. The van der Waals surface area contributed by atoms with Crippen molar-refractivity contribution in [2.45, 2.75) is 32.6 Å². The normalized spacial score (nSPS) is 10.0. The summed E-state index contributed by atoms with van der Waals surface area (Å²) in [4.78, 5) is 24.8. The molecule has 0 atom stereocenters. The van der Waals surface area contributed by atoms with E-state index in [1.165, 1.54) is 12.8 Å². The molecular weight excluding hydrogens is 426 g/mol. The average Bonchev–Trinajstić information content (AvgIpc) is 2.81. The molecule has 0 saturated carbocycles. The molecular formula is C24H29N3O4S. The first kappa shape index (κ1) is 24.9. The quantitative estimate of drug-likeness (QED) is 0.204. The standard InChI is InChI=1S/C24H29N3O4S/c1-3-5-6-9-17-30-19-14-12-18(13-15-19)22(28)25-24(32)27-26-23(29)20-10-7-8-11-21(20)31-16-4-2/h4,7-8,10-15H,2-3,5-6,9,16-17H2,1H3,(H,26,29)(H2,25,27,28,32). The Morgan fingerprint density at radius 1 is 0.969 bits per heavy atom. The van der Waals surface area contributed by atoms with E-state index in [0.717, 1.165) is 12.8 Å². The van der Waals surface area contributed by atoms with E-state index in [1.54, 1.807) is 54.6 Å². The molecule has 0 saturated heterocycles. The van der Waals surface area contributed by atoms with Crippen LogP contribution in [0.3, 0.4) is 0 Å². The van der Waals surface area contributed by atoms with Crippen molar-refractivity contribution >= 4 is 29.1 Å². The number of carbonyl (C=O) groups is 2. The molecule has 0 aliphatic heterocycles. The smallest absolute Gasteiger partial charge is 0.273 e. The lowest BCUT2D eigenvalue weighted by Crippen LogP contribution is -2.48. The van der Waals surface area contributed by atoms with Crippen molar-refractivity contribution in [1.29, 1.82) is 0 Å². The van der Waals surface area contributed by atoms with E-state index in [2.05, 4.69) is 29.7 Å². The van der Waals surface area contributed by atoms with E-state index >= 15 is 0 Å². The van der Waals surface area contributed by atoms with E-state index in [4.69, 9.17) is 21.7 Å². The molecule has 8 heteroatoms. The molecule has 0 aromatic heterocycles. The molecule has 0 spiro atoms. The predicted molar refractivity (Wildman–Crippen MR) is 129 cm³/mol. The second-order valence-electron chi connectivity index (χ2n) is 6.89. The van der Waals surface area contributed by atoms with Crippen LogP contribution in [0.25, 0.3) is 0 Å². The van der Waals surface area contributed by atoms with Crippen LogP contribution >= 0.6 is 12.2 Å². The van der Waals surface area contributed by atoms with E-state index in [1.807, 2.05) is 0 Å². The molecule has 2 aromatic carbocycles. The molecule has 32 heavy (non-hydrogen) atoms. The molecule has 0 unspecified atom stereocenters. The molecule has 0 bridgehead atoms. The van der Waals surface area contributed by atoms with Gasteiger partial charge < -0.3 is 9.47 Å². The van der Waals surface area contributed by atoms with Gasteiger partial charge in [0.15, 0.2) is 5.11 Å². The van der Waals surface area contributed by atoms with Gasteiger partial charge in [-0.1, -0.05) is 51.0 Å². The van der Waals surface area contributed by atoms with Crippen molar-refractivity contribution in [3.63, 3.8) is 0 Å². The Morgan fingerprint density at radius 3 is 2.44 bits per heavy atom. The number of benzene rings is 2. The van der Waals surface area contributed by atoms with Crippen LogP contribution in [0.15, 0.2) is 61.2 Å².